The highest BCUT2D eigenvalue weighted by atomic mass is 79.9. The van der Waals surface area contributed by atoms with Crippen molar-refractivity contribution in [1.82, 2.24) is 4.90 Å². The number of carbonyl (C=O) groups excluding carboxylic acids is 1. The Bertz CT molecular complexity index is 408. The third-order valence-corrected chi connectivity index (χ3v) is 3.50. The largest absolute Gasteiger partial charge is 0.339 e. The molecule has 1 atom stereocenters. The highest BCUT2D eigenvalue weighted by molar-refractivity contribution is 9.10. The van der Waals surface area contributed by atoms with E-state index in [9.17, 15) is 9.18 Å². The molecular weight excluding hydrogens is 285 g/mol. The molecule has 0 spiro atoms. The van der Waals surface area contributed by atoms with Crippen LogP contribution in [0.3, 0.4) is 0 Å². The quantitative estimate of drug-likeness (QED) is 0.827. The molecule has 1 aromatic carbocycles. The monoisotopic (exact) mass is 301 g/mol. The summed E-state index contributed by atoms with van der Waals surface area (Å²) in [7, 11) is 1.75. The van der Waals surface area contributed by atoms with Crippen LogP contribution < -0.4 is 0 Å². The smallest absolute Gasteiger partial charge is 0.253 e. The van der Waals surface area contributed by atoms with Crippen LogP contribution in [0.4, 0.5) is 4.39 Å². The first-order valence-corrected chi connectivity index (χ1v) is 6.48. The molecule has 4 heteroatoms. The zero-order valence-corrected chi connectivity index (χ0v) is 11.9. The fraction of sp³-hybridized carbons (Fsp3) is 0.462. The van der Waals surface area contributed by atoms with Crippen LogP contribution in [0.1, 0.15) is 37.0 Å². The number of carbonyl (C=O) groups is 1. The number of nitrogens with zero attached hydrogens (tertiary/aromatic N) is 1. The van der Waals surface area contributed by atoms with Gasteiger partial charge in [0.15, 0.2) is 0 Å². The van der Waals surface area contributed by atoms with Crippen LogP contribution in [0.15, 0.2) is 22.7 Å². The molecule has 0 aliphatic heterocycles. The second-order valence-corrected chi connectivity index (χ2v) is 5.04. The zero-order valence-electron chi connectivity index (χ0n) is 10.3. The van der Waals surface area contributed by atoms with Crippen LogP contribution in [0.2, 0.25) is 0 Å². The Balaban J connectivity index is 2.85. The maximum absolute atomic E-state index is 13.3. The van der Waals surface area contributed by atoms with Crippen molar-refractivity contribution < 1.29 is 9.18 Å². The van der Waals surface area contributed by atoms with Gasteiger partial charge in [-0.05, 0) is 47.5 Å². The first-order valence-electron chi connectivity index (χ1n) is 5.69. The van der Waals surface area contributed by atoms with Gasteiger partial charge in [-0.1, -0.05) is 13.3 Å². The van der Waals surface area contributed by atoms with E-state index in [0.29, 0.717) is 10.0 Å². The Hall–Kier alpha value is -0.900. The summed E-state index contributed by atoms with van der Waals surface area (Å²) in [5.41, 5.74) is 0.385. The molecule has 2 nitrogen and oxygen atoms in total. The normalized spacial score (nSPS) is 12.3. The molecule has 0 N–H and O–H groups in total. The average Bonchev–Trinajstić information content (AvgIpc) is 2.31. The molecule has 1 rings (SSSR count). The number of halogens is 2. The van der Waals surface area contributed by atoms with E-state index in [2.05, 4.69) is 22.9 Å². The average molecular weight is 302 g/mol. The van der Waals surface area contributed by atoms with Crippen LogP contribution in [0.5, 0.6) is 0 Å². The van der Waals surface area contributed by atoms with Gasteiger partial charge in [0.05, 0.1) is 4.47 Å². The zero-order chi connectivity index (χ0) is 13.0. The minimum atomic E-state index is -0.410. The molecule has 0 aromatic heterocycles. The molecule has 0 aliphatic carbocycles. The molecule has 1 amide bonds. The second-order valence-electron chi connectivity index (χ2n) is 4.18. The number of rotatable bonds is 4. The Morgan fingerprint density at radius 3 is 2.71 bits per heavy atom. The molecule has 0 bridgehead atoms. The van der Waals surface area contributed by atoms with Crippen molar-refractivity contribution in [3.8, 4) is 0 Å². The van der Waals surface area contributed by atoms with Crippen LogP contribution in [0.25, 0.3) is 0 Å². The molecule has 0 aliphatic rings. The third-order valence-electron chi connectivity index (χ3n) is 2.85. The minimum Gasteiger partial charge on any atom is -0.339 e. The van der Waals surface area contributed by atoms with Crippen LogP contribution in [0, 0.1) is 5.82 Å². The highest BCUT2D eigenvalue weighted by Crippen LogP contribution is 2.18. The summed E-state index contributed by atoms with van der Waals surface area (Å²) in [6.07, 6.45) is 1.97. The van der Waals surface area contributed by atoms with E-state index in [1.165, 1.54) is 6.07 Å². The van der Waals surface area contributed by atoms with E-state index >= 15 is 0 Å². The van der Waals surface area contributed by atoms with Gasteiger partial charge >= 0.3 is 0 Å². The Morgan fingerprint density at radius 2 is 2.18 bits per heavy atom. The van der Waals surface area contributed by atoms with Crippen molar-refractivity contribution in [3.05, 3.63) is 34.1 Å². The topological polar surface area (TPSA) is 20.3 Å². The summed E-state index contributed by atoms with van der Waals surface area (Å²) >= 11 is 3.07. The Morgan fingerprint density at radius 1 is 1.53 bits per heavy atom. The Kier molecular flexibility index (Phi) is 5.12. The maximum Gasteiger partial charge on any atom is 0.253 e. The fourth-order valence-electron chi connectivity index (χ4n) is 1.64. The molecule has 1 unspecified atom stereocenters. The molecule has 0 radical (unpaired) electrons. The molecule has 94 valence electrons. The lowest BCUT2D eigenvalue weighted by Gasteiger charge is -2.24. The van der Waals surface area contributed by atoms with E-state index in [1.807, 2.05) is 6.92 Å². The maximum atomic E-state index is 13.3. The van der Waals surface area contributed by atoms with Gasteiger partial charge in [-0.25, -0.2) is 4.39 Å². The van der Waals surface area contributed by atoms with Crippen molar-refractivity contribution in [2.75, 3.05) is 7.05 Å². The number of amides is 1. The van der Waals surface area contributed by atoms with E-state index in [4.69, 9.17) is 0 Å². The summed E-state index contributed by atoms with van der Waals surface area (Å²) < 4.78 is 13.7. The predicted molar refractivity (Wildman–Crippen MR) is 70.6 cm³/mol. The van der Waals surface area contributed by atoms with Crippen LogP contribution in [-0.2, 0) is 0 Å². The summed E-state index contributed by atoms with van der Waals surface area (Å²) in [6.45, 7) is 4.07. The molecular formula is C13H17BrFNO. The Labute approximate surface area is 110 Å². The second kappa shape index (κ2) is 6.15. The van der Waals surface area contributed by atoms with Crippen molar-refractivity contribution in [1.29, 1.82) is 0 Å². The van der Waals surface area contributed by atoms with E-state index in [0.717, 1.165) is 12.8 Å². The van der Waals surface area contributed by atoms with Crippen molar-refractivity contribution >= 4 is 21.8 Å². The lowest BCUT2D eigenvalue weighted by molar-refractivity contribution is 0.0736. The number of benzene rings is 1. The van der Waals surface area contributed by atoms with Gasteiger partial charge in [-0.2, -0.15) is 0 Å². The van der Waals surface area contributed by atoms with E-state index < -0.39 is 5.82 Å². The molecule has 0 saturated heterocycles. The van der Waals surface area contributed by atoms with Crippen molar-refractivity contribution in [2.45, 2.75) is 32.7 Å². The summed E-state index contributed by atoms with van der Waals surface area (Å²) in [6, 6.07) is 4.62. The standard InChI is InChI=1S/C13H17BrFNO/c1-4-5-9(2)16(3)13(17)10-6-7-11(14)12(15)8-10/h6-9H,4-5H2,1-3H3. The molecule has 1 aromatic rings. The van der Waals surface area contributed by atoms with Gasteiger partial charge in [0, 0.05) is 18.7 Å². The first-order chi connectivity index (χ1) is 7.97. The number of hydrogen-bond donors (Lipinski definition) is 0. The predicted octanol–water partition coefficient (Wildman–Crippen LogP) is 3.85. The van der Waals surface area contributed by atoms with Crippen molar-refractivity contribution in [2.24, 2.45) is 0 Å². The highest BCUT2D eigenvalue weighted by Gasteiger charge is 2.17. The third kappa shape index (κ3) is 3.53. The summed E-state index contributed by atoms with van der Waals surface area (Å²) in [5, 5.41) is 0. The summed E-state index contributed by atoms with van der Waals surface area (Å²) in [4.78, 5) is 13.7. The van der Waals surface area contributed by atoms with Gasteiger partial charge in [0.1, 0.15) is 5.82 Å². The lowest BCUT2D eigenvalue weighted by atomic mass is 10.1. The van der Waals surface area contributed by atoms with Crippen LogP contribution in [-0.4, -0.2) is 23.9 Å². The SMILES string of the molecule is CCCC(C)N(C)C(=O)c1ccc(Br)c(F)c1. The summed E-state index contributed by atoms with van der Waals surface area (Å²) in [5.74, 6) is -0.551. The van der Waals surface area contributed by atoms with Crippen molar-refractivity contribution in [3.63, 3.8) is 0 Å². The fourth-order valence-corrected chi connectivity index (χ4v) is 1.89. The number of hydrogen-bond acceptors (Lipinski definition) is 1. The van der Waals surface area contributed by atoms with Gasteiger partial charge in [-0.3, -0.25) is 4.79 Å². The van der Waals surface area contributed by atoms with Gasteiger partial charge in [0.2, 0.25) is 0 Å². The van der Waals surface area contributed by atoms with Gasteiger partial charge in [-0.15, -0.1) is 0 Å². The molecule has 0 fully saturated rings. The molecule has 0 saturated carbocycles. The molecule has 0 heterocycles. The first kappa shape index (κ1) is 14.2. The lowest BCUT2D eigenvalue weighted by Crippen LogP contribution is -2.35. The van der Waals surface area contributed by atoms with Gasteiger partial charge < -0.3 is 4.90 Å². The van der Waals surface area contributed by atoms with Gasteiger partial charge in [0.25, 0.3) is 5.91 Å². The molecule has 17 heavy (non-hydrogen) atoms. The van der Waals surface area contributed by atoms with E-state index in [-0.39, 0.29) is 11.9 Å². The van der Waals surface area contributed by atoms with E-state index in [1.54, 1.807) is 24.1 Å². The minimum absolute atomic E-state index is 0.141. The van der Waals surface area contributed by atoms with Crippen LogP contribution >= 0.6 is 15.9 Å².